The van der Waals surface area contributed by atoms with E-state index in [2.05, 4.69) is 0 Å². The van der Waals surface area contributed by atoms with Gasteiger partial charge in [0.2, 0.25) is 0 Å². The second-order valence-corrected chi connectivity index (χ2v) is 1.75. The lowest BCUT2D eigenvalue weighted by Crippen LogP contribution is -2.35. The first-order chi connectivity index (χ1) is 3.66. The number of aliphatic hydroxyl groups excluding tert-OH is 1. The van der Waals surface area contributed by atoms with Crippen LogP contribution in [-0.2, 0) is 0 Å². The largest absolute Gasteiger partial charge is 0.389 e. The Morgan fingerprint density at radius 1 is 1.88 bits per heavy atom. The van der Waals surface area contributed by atoms with Gasteiger partial charge < -0.3 is 5.11 Å². The van der Waals surface area contributed by atoms with E-state index >= 15 is 0 Å². The van der Waals surface area contributed by atoms with Crippen LogP contribution in [0.4, 0.5) is 4.39 Å². The minimum Gasteiger partial charge on any atom is -0.389 e. The molecule has 0 radical (unpaired) electrons. The van der Waals surface area contributed by atoms with Gasteiger partial charge in [0.05, 0.1) is 6.10 Å². The second-order valence-electron chi connectivity index (χ2n) is 1.75. The highest BCUT2D eigenvalue weighted by molar-refractivity contribution is 4.53. The van der Waals surface area contributed by atoms with E-state index in [4.69, 9.17) is 10.9 Å². The lowest BCUT2D eigenvalue weighted by molar-refractivity contribution is 0.101. The predicted molar refractivity (Wildman–Crippen MR) is 28.8 cm³/mol. The highest BCUT2D eigenvalue weighted by Gasteiger charge is 2.02. The van der Waals surface area contributed by atoms with Gasteiger partial charge in [-0.15, -0.1) is 0 Å². The van der Waals surface area contributed by atoms with E-state index in [0.717, 1.165) is 0 Å². The highest BCUT2D eigenvalue weighted by atomic mass is 19.1. The Balaban J connectivity index is 3.10. The summed E-state index contributed by atoms with van der Waals surface area (Å²) >= 11 is 0. The molecule has 3 nitrogen and oxygen atoms in total. The smallest absolute Gasteiger partial charge is 0.117 e. The Labute approximate surface area is 47.9 Å². The highest BCUT2D eigenvalue weighted by Crippen LogP contribution is 1.83. The zero-order valence-electron chi connectivity index (χ0n) is 4.84. The maximum absolute atomic E-state index is 11.4. The van der Waals surface area contributed by atoms with Crippen LogP contribution in [-0.4, -0.2) is 36.5 Å². The summed E-state index contributed by atoms with van der Waals surface area (Å²) in [6.45, 7) is -0.557. The molecule has 0 aromatic heterocycles. The Kier molecular flexibility index (Phi) is 3.68. The van der Waals surface area contributed by atoms with Crippen LogP contribution in [0, 0.1) is 0 Å². The Morgan fingerprint density at radius 3 is 2.50 bits per heavy atom. The first kappa shape index (κ1) is 7.81. The van der Waals surface area contributed by atoms with Gasteiger partial charge in [-0.1, -0.05) is 0 Å². The van der Waals surface area contributed by atoms with E-state index in [9.17, 15) is 4.39 Å². The molecule has 8 heavy (non-hydrogen) atoms. The Bertz CT molecular complexity index is 60.0. The van der Waals surface area contributed by atoms with Gasteiger partial charge in [0.1, 0.15) is 6.67 Å². The molecule has 1 unspecified atom stereocenters. The van der Waals surface area contributed by atoms with E-state index in [0.29, 0.717) is 0 Å². The summed E-state index contributed by atoms with van der Waals surface area (Å²) in [5.74, 6) is 5.08. The van der Waals surface area contributed by atoms with Crippen molar-refractivity contribution in [3.05, 3.63) is 0 Å². The molecule has 0 aliphatic heterocycles. The number of halogens is 1. The zero-order valence-corrected chi connectivity index (χ0v) is 4.84. The van der Waals surface area contributed by atoms with E-state index in [1.165, 1.54) is 5.01 Å². The van der Waals surface area contributed by atoms with Crippen molar-refractivity contribution in [2.45, 2.75) is 6.10 Å². The number of nitrogens with zero attached hydrogens (tertiary/aromatic N) is 1. The van der Waals surface area contributed by atoms with Crippen molar-refractivity contribution < 1.29 is 9.50 Å². The van der Waals surface area contributed by atoms with E-state index in [-0.39, 0.29) is 6.54 Å². The molecule has 1 atom stereocenters. The van der Waals surface area contributed by atoms with Gasteiger partial charge in [-0.25, -0.2) is 9.40 Å². The zero-order chi connectivity index (χ0) is 6.57. The molecule has 0 amide bonds. The fourth-order valence-corrected chi connectivity index (χ4v) is 0.381. The number of hydrogen-bond acceptors (Lipinski definition) is 3. The van der Waals surface area contributed by atoms with Gasteiger partial charge in [0.25, 0.3) is 0 Å². The molecule has 0 aliphatic rings. The minimum atomic E-state index is -0.940. The standard InChI is InChI=1S/C4H11FN2O/c1-7(6)3-4(8)2-5/h4,8H,2-3,6H2,1H3. The number of aliphatic hydroxyl groups is 1. The fourth-order valence-electron chi connectivity index (χ4n) is 0.381. The van der Waals surface area contributed by atoms with Crippen LogP contribution in [0.1, 0.15) is 0 Å². The quantitative estimate of drug-likeness (QED) is 0.377. The molecule has 0 aliphatic carbocycles. The molecule has 0 saturated heterocycles. The van der Waals surface area contributed by atoms with Gasteiger partial charge in [-0.2, -0.15) is 0 Å². The van der Waals surface area contributed by atoms with Gasteiger partial charge in [0.15, 0.2) is 0 Å². The molecule has 3 N–H and O–H groups in total. The number of alkyl halides is 1. The lowest BCUT2D eigenvalue weighted by atomic mass is 10.4. The maximum Gasteiger partial charge on any atom is 0.117 e. The molecule has 0 aromatic carbocycles. The molecule has 0 saturated carbocycles. The molecule has 4 heteroatoms. The molecular weight excluding hydrogens is 111 g/mol. The van der Waals surface area contributed by atoms with Gasteiger partial charge >= 0.3 is 0 Å². The number of nitrogens with two attached hydrogens (primary N) is 1. The van der Waals surface area contributed by atoms with Crippen molar-refractivity contribution in [2.75, 3.05) is 20.3 Å². The molecule has 0 spiro atoms. The summed E-state index contributed by atoms with van der Waals surface area (Å²) in [5, 5.41) is 9.77. The van der Waals surface area contributed by atoms with Crippen LogP contribution in [0.5, 0.6) is 0 Å². The number of rotatable bonds is 3. The van der Waals surface area contributed by atoms with Gasteiger partial charge in [-0.3, -0.25) is 5.84 Å². The van der Waals surface area contributed by atoms with Crippen molar-refractivity contribution in [1.82, 2.24) is 5.01 Å². The summed E-state index contributed by atoms with van der Waals surface area (Å²) in [6, 6.07) is 0. The third-order valence-electron chi connectivity index (χ3n) is 0.677. The second kappa shape index (κ2) is 3.77. The van der Waals surface area contributed by atoms with Crippen molar-refractivity contribution in [3.8, 4) is 0 Å². The maximum atomic E-state index is 11.4. The molecule has 50 valence electrons. The Morgan fingerprint density at radius 2 is 2.38 bits per heavy atom. The average molecular weight is 122 g/mol. The van der Waals surface area contributed by atoms with Crippen LogP contribution in [0.3, 0.4) is 0 Å². The Hall–Kier alpha value is -0.190. The van der Waals surface area contributed by atoms with Crippen LogP contribution < -0.4 is 5.84 Å². The summed E-state index contributed by atoms with van der Waals surface area (Å²) in [5.41, 5.74) is 0. The summed E-state index contributed by atoms with van der Waals surface area (Å²) in [4.78, 5) is 0. The molecule has 0 aromatic rings. The lowest BCUT2D eigenvalue weighted by Gasteiger charge is -2.11. The fraction of sp³-hybridized carbons (Fsp3) is 1.00. The normalized spacial score (nSPS) is 14.6. The summed E-state index contributed by atoms with van der Waals surface area (Å²) in [7, 11) is 1.57. The molecule has 0 bridgehead atoms. The monoisotopic (exact) mass is 122 g/mol. The van der Waals surface area contributed by atoms with Crippen molar-refractivity contribution in [1.29, 1.82) is 0 Å². The van der Waals surface area contributed by atoms with Crippen LogP contribution in [0.2, 0.25) is 0 Å². The SMILES string of the molecule is CN(N)CC(O)CF. The molecular formula is C4H11FN2O. The van der Waals surface area contributed by atoms with E-state index in [1.807, 2.05) is 0 Å². The van der Waals surface area contributed by atoms with E-state index < -0.39 is 12.8 Å². The van der Waals surface area contributed by atoms with Crippen LogP contribution in [0.15, 0.2) is 0 Å². The molecule has 0 rings (SSSR count). The van der Waals surface area contributed by atoms with Crippen LogP contribution in [0.25, 0.3) is 0 Å². The van der Waals surface area contributed by atoms with Crippen molar-refractivity contribution >= 4 is 0 Å². The van der Waals surface area contributed by atoms with Crippen molar-refractivity contribution in [3.63, 3.8) is 0 Å². The van der Waals surface area contributed by atoms with E-state index in [1.54, 1.807) is 7.05 Å². The molecule has 0 heterocycles. The summed E-state index contributed by atoms with van der Waals surface area (Å²) in [6.07, 6.45) is -0.940. The summed E-state index contributed by atoms with van der Waals surface area (Å²) < 4.78 is 11.4. The first-order valence-corrected chi connectivity index (χ1v) is 2.36. The third kappa shape index (κ3) is 3.98. The average Bonchev–Trinajstić information content (AvgIpc) is 1.65. The van der Waals surface area contributed by atoms with Gasteiger partial charge in [0, 0.05) is 13.6 Å². The molecule has 0 fully saturated rings. The van der Waals surface area contributed by atoms with Gasteiger partial charge in [-0.05, 0) is 0 Å². The number of hydrogen-bond donors (Lipinski definition) is 2. The third-order valence-corrected chi connectivity index (χ3v) is 0.677. The predicted octanol–water partition coefficient (Wildman–Crippen LogP) is -0.878. The number of likely N-dealkylation sites (N-methyl/N-ethyl adjacent to an activating group) is 1. The van der Waals surface area contributed by atoms with Crippen LogP contribution >= 0.6 is 0 Å². The first-order valence-electron chi connectivity index (χ1n) is 2.36. The topological polar surface area (TPSA) is 49.5 Å². The number of hydrazine groups is 1. The minimum absolute atomic E-state index is 0.177. The van der Waals surface area contributed by atoms with Crippen molar-refractivity contribution in [2.24, 2.45) is 5.84 Å².